The maximum absolute atomic E-state index is 11.3. The number of nitrogens with one attached hydrogen (secondary N) is 2. The number of H-pyrrole nitrogens is 2. The molecule has 0 aliphatic carbocycles. The van der Waals surface area contributed by atoms with Crippen molar-refractivity contribution in [2.45, 2.75) is 34.1 Å². The summed E-state index contributed by atoms with van der Waals surface area (Å²) >= 11 is 3.38. The lowest BCUT2D eigenvalue weighted by Gasteiger charge is -2.08. The van der Waals surface area contributed by atoms with Crippen molar-refractivity contribution in [3.63, 3.8) is 0 Å². The van der Waals surface area contributed by atoms with Crippen molar-refractivity contribution in [2.24, 2.45) is 0 Å². The van der Waals surface area contributed by atoms with Crippen molar-refractivity contribution >= 4 is 39.1 Å². The Hall–Kier alpha value is -2.60. The summed E-state index contributed by atoms with van der Waals surface area (Å²) in [6, 6.07) is 0. The average molecular weight is 416 g/mol. The molecule has 138 valence electrons. The fourth-order valence-electron chi connectivity index (χ4n) is 2.02. The fourth-order valence-corrected chi connectivity index (χ4v) is 2.90. The van der Waals surface area contributed by atoms with Gasteiger partial charge in [-0.1, -0.05) is 20.8 Å². The van der Waals surface area contributed by atoms with Gasteiger partial charge in [0, 0.05) is 10.0 Å². The standard InChI is InChI=1S/C10H10BrN3O3.C2H4O2.C2H6.C2H2/c1-3-5-4(2)9(14(16)17)8-7(6(5)11)12-10(15)13-8;1-4-2-3;2*1-2/h3H2,1-2H3,(H2,12,13,15);2H,1H3;1-2H3;1-2H. The second-order valence-electron chi connectivity index (χ2n) is 4.04. The van der Waals surface area contributed by atoms with E-state index in [-0.39, 0.29) is 11.2 Å². The quantitative estimate of drug-likeness (QED) is 0.344. The van der Waals surface area contributed by atoms with Crippen LogP contribution in [0, 0.1) is 29.9 Å². The van der Waals surface area contributed by atoms with Gasteiger partial charge in [-0.2, -0.15) is 0 Å². The maximum Gasteiger partial charge on any atom is 0.324 e. The Kier molecular flexibility index (Phi) is 12.6. The molecule has 0 aliphatic rings. The van der Waals surface area contributed by atoms with Gasteiger partial charge in [-0.15, -0.1) is 12.8 Å². The molecule has 0 unspecified atom stereocenters. The summed E-state index contributed by atoms with van der Waals surface area (Å²) in [5, 5.41) is 11.1. The highest BCUT2D eigenvalue weighted by molar-refractivity contribution is 9.10. The van der Waals surface area contributed by atoms with Gasteiger partial charge in [-0.3, -0.25) is 19.9 Å². The van der Waals surface area contributed by atoms with Gasteiger partial charge >= 0.3 is 5.69 Å². The van der Waals surface area contributed by atoms with Gasteiger partial charge in [0.05, 0.1) is 17.5 Å². The minimum Gasteiger partial charge on any atom is -0.471 e. The summed E-state index contributed by atoms with van der Waals surface area (Å²) in [4.78, 5) is 35.9. The average Bonchev–Trinajstić information content (AvgIpc) is 3.00. The van der Waals surface area contributed by atoms with E-state index >= 15 is 0 Å². The molecule has 0 fully saturated rings. The molecule has 8 nitrogen and oxygen atoms in total. The predicted molar refractivity (Wildman–Crippen MR) is 102 cm³/mol. The van der Waals surface area contributed by atoms with Crippen LogP contribution in [0.1, 0.15) is 31.9 Å². The summed E-state index contributed by atoms with van der Waals surface area (Å²) in [7, 11) is 1.31. The Morgan fingerprint density at radius 1 is 1.28 bits per heavy atom. The van der Waals surface area contributed by atoms with E-state index in [9.17, 15) is 14.9 Å². The van der Waals surface area contributed by atoms with E-state index in [1.807, 2.05) is 20.8 Å². The molecule has 0 spiro atoms. The number of rotatable bonds is 3. The molecule has 0 saturated heterocycles. The largest absolute Gasteiger partial charge is 0.471 e. The summed E-state index contributed by atoms with van der Waals surface area (Å²) in [5.74, 6) is 0. The highest BCUT2D eigenvalue weighted by Gasteiger charge is 2.24. The molecule has 0 amide bonds. The number of imidazole rings is 1. The molecule has 0 saturated carbocycles. The Balaban J connectivity index is 0. The monoisotopic (exact) mass is 415 g/mol. The Morgan fingerprint density at radius 3 is 2.08 bits per heavy atom. The number of hydrogen-bond acceptors (Lipinski definition) is 5. The number of nitro groups is 1. The van der Waals surface area contributed by atoms with E-state index in [1.165, 1.54) is 7.11 Å². The molecule has 0 atom stereocenters. The zero-order valence-corrected chi connectivity index (χ0v) is 16.4. The van der Waals surface area contributed by atoms with Gasteiger partial charge in [0.1, 0.15) is 5.52 Å². The third kappa shape index (κ3) is 6.08. The third-order valence-electron chi connectivity index (χ3n) is 2.89. The number of terminal acetylenes is 1. The van der Waals surface area contributed by atoms with E-state index in [2.05, 4.69) is 43.5 Å². The topological polar surface area (TPSA) is 118 Å². The van der Waals surface area contributed by atoms with E-state index < -0.39 is 10.6 Å². The minimum atomic E-state index is -0.465. The number of aromatic nitrogens is 2. The number of aromatic amines is 2. The van der Waals surface area contributed by atoms with Crippen molar-refractivity contribution in [2.75, 3.05) is 7.11 Å². The SMILES string of the molecule is C#C.CC.CCc1c(C)c([N+](=O)[O-])c2[nH]c(=O)[nH]c2c1Br.COC=O. The highest BCUT2D eigenvalue weighted by atomic mass is 79.9. The molecular weight excluding hydrogens is 394 g/mol. The van der Waals surface area contributed by atoms with Gasteiger partial charge in [-0.05, 0) is 34.8 Å². The minimum absolute atomic E-state index is 0.0431. The van der Waals surface area contributed by atoms with Gasteiger partial charge in [-0.25, -0.2) is 4.79 Å². The number of nitro benzene ring substituents is 1. The molecule has 1 aromatic carbocycles. The molecule has 1 aromatic heterocycles. The van der Waals surface area contributed by atoms with E-state index in [0.29, 0.717) is 28.4 Å². The number of carbonyl (C=O) groups is 1. The van der Waals surface area contributed by atoms with Crippen LogP contribution in [0.3, 0.4) is 0 Å². The molecule has 2 N–H and O–H groups in total. The Labute approximate surface area is 154 Å². The molecule has 1 heterocycles. The number of nitrogens with zero attached hydrogens (tertiary/aromatic N) is 1. The van der Waals surface area contributed by atoms with Crippen LogP contribution in [0.25, 0.3) is 11.0 Å². The normalized spacial score (nSPS) is 8.64. The number of carbonyl (C=O) groups excluding carboxylic acids is 1. The molecule has 2 aromatic rings. The smallest absolute Gasteiger partial charge is 0.324 e. The second-order valence-corrected chi connectivity index (χ2v) is 4.83. The van der Waals surface area contributed by atoms with E-state index in [4.69, 9.17) is 4.79 Å². The van der Waals surface area contributed by atoms with Crippen LogP contribution in [0.4, 0.5) is 5.69 Å². The second kappa shape index (κ2) is 12.8. The molecule has 9 heteroatoms. The summed E-state index contributed by atoms with van der Waals surface area (Å²) < 4.78 is 4.57. The number of fused-ring (bicyclic) bond motifs is 1. The maximum atomic E-state index is 11.3. The first-order chi connectivity index (χ1) is 11.9. The van der Waals surface area contributed by atoms with Crippen LogP contribution in [0.2, 0.25) is 0 Å². The number of methoxy groups -OCH3 is 1. The first kappa shape index (κ1) is 24.6. The van der Waals surface area contributed by atoms with Crippen LogP contribution >= 0.6 is 15.9 Å². The lowest BCUT2D eigenvalue weighted by atomic mass is 10.0. The molecular formula is C16H22BrN3O5. The molecule has 0 aliphatic heterocycles. The highest BCUT2D eigenvalue weighted by Crippen LogP contribution is 2.36. The van der Waals surface area contributed by atoms with Gasteiger partial charge < -0.3 is 9.72 Å². The fraction of sp³-hybridized carbons (Fsp3) is 0.375. The van der Waals surface area contributed by atoms with Crippen LogP contribution in [-0.2, 0) is 16.0 Å². The van der Waals surface area contributed by atoms with Crippen molar-refractivity contribution in [1.82, 2.24) is 9.97 Å². The number of hydrogen-bond donors (Lipinski definition) is 2. The van der Waals surface area contributed by atoms with Crippen molar-refractivity contribution < 1.29 is 14.5 Å². The van der Waals surface area contributed by atoms with Gasteiger partial charge in [0.25, 0.3) is 12.2 Å². The number of benzene rings is 1. The molecule has 25 heavy (non-hydrogen) atoms. The zero-order valence-electron chi connectivity index (χ0n) is 14.8. The van der Waals surface area contributed by atoms with Gasteiger partial charge in [0.15, 0.2) is 0 Å². The molecule has 0 bridgehead atoms. The van der Waals surface area contributed by atoms with Crippen LogP contribution in [-0.4, -0.2) is 28.5 Å². The molecule has 0 radical (unpaired) electrons. The molecule has 2 rings (SSSR count). The van der Waals surface area contributed by atoms with Crippen molar-refractivity contribution in [1.29, 1.82) is 0 Å². The van der Waals surface area contributed by atoms with Gasteiger partial charge in [0.2, 0.25) is 0 Å². The predicted octanol–water partition coefficient (Wildman–Crippen LogP) is 3.46. The summed E-state index contributed by atoms with van der Waals surface area (Å²) in [5.41, 5.74) is 1.60. The Morgan fingerprint density at radius 2 is 1.72 bits per heavy atom. The third-order valence-corrected chi connectivity index (χ3v) is 3.76. The number of ether oxygens (including phenoxy) is 1. The number of halogens is 1. The van der Waals surface area contributed by atoms with Crippen molar-refractivity contribution in [3.05, 3.63) is 36.2 Å². The summed E-state index contributed by atoms with van der Waals surface area (Å²) in [6.45, 7) is 7.97. The first-order valence-corrected chi connectivity index (χ1v) is 8.05. The lowest BCUT2D eigenvalue weighted by molar-refractivity contribution is -0.383. The van der Waals surface area contributed by atoms with E-state index in [1.54, 1.807) is 6.92 Å². The van der Waals surface area contributed by atoms with Crippen molar-refractivity contribution in [3.8, 4) is 12.8 Å². The van der Waals surface area contributed by atoms with Crippen LogP contribution < -0.4 is 5.69 Å². The summed E-state index contributed by atoms with van der Waals surface area (Å²) in [6.07, 6.45) is 8.65. The first-order valence-electron chi connectivity index (χ1n) is 7.26. The van der Waals surface area contributed by atoms with Crippen LogP contribution in [0.5, 0.6) is 0 Å². The zero-order chi connectivity index (χ0) is 20.2. The Bertz CT molecular complexity index is 777. The lowest BCUT2D eigenvalue weighted by Crippen LogP contribution is -2.00. The van der Waals surface area contributed by atoms with Crippen LogP contribution in [0.15, 0.2) is 9.27 Å². The van der Waals surface area contributed by atoms with E-state index in [0.717, 1.165) is 5.56 Å².